The van der Waals surface area contributed by atoms with Gasteiger partial charge in [0.2, 0.25) is 0 Å². The maximum Gasteiger partial charge on any atom is 0.408 e. The van der Waals surface area contributed by atoms with Crippen molar-refractivity contribution in [2.45, 2.75) is 162 Å². The van der Waals surface area contributed by atoms with E-state index in [1.54, 1.807) is 20.8 Å². The molecule has 3 unspecified atom stereocenters. The second-order valence-corrected chi connectivity index (χ2v) is 12.6. The highest BCUT2D eigenvalue weighted by molar-refractivity contribution is 5.81. The Kier molecular flexibility index (Phi) is 22.7. The maximum absolute atomic E-state index is 13.1. The van der Waals surface area contributed by atoms with E-state index in [4.69, 9.17) is 37.9 Å². The largest absolute Gasteiger partial charge is 0.464 e. The van der Waals surface area contributed by atoms with E-state index < -0.39 is 54.4 Å². The van der Waals surface area contributed by atoms with Crippen LogP contribution < -0.4 is 5.32 Å². The van der Waals surface area contributed by atoms with Gasteiger partial charge in [0, 0.05) is 26.4 Å². The second-order valence-electron chi connectivity index (χ2n) is 12.6. The topological polar surface area (TPSA) is 120 Å². The molecule has 6 atom stereocenters. The zero-order valence-corrected chi connectivity index (χ0v) is 29.6. The summed E-state index contributed by atoms with van der Waals surface area (Å²) in [6.07, 6.45) is 5.40. The molecule has 1 heterocycles. The number of alkyl carbamates (subject to hydrolysis) is 1. The zero-order valence-electron chi connectivity index (χ0n) is 29.6. The third kappa shape index (κ3) is 17.8. The van der Waals surface area contributed by atoms with Gasteiger partial charge in [-0.25, -0.2) is 9.59 Å². The third-order valence-electron chi connectivity index (χ3n) is 7.08. The second kappa shape index (κ2) is 24.6. The summed E-state index contributed by atoms with van der Waals surface area (Å²) in [5.74, 6) is -0.607. The predicted octanol–water partition coefficient (Wildman–Crippen LogP) is 6.34. The molecule has 11 nitrogen and oxygen atoms in total. The molecule has 0 aliphatic carbocycles. The minimum atomic E-state index is -1.12. The van der Waals surface area contributed by atoms with Gasteiger partial charge in [-0.2, -0.15) is 0 Å². The van der Waals surface area contributed by atoms with Crippen molar-refractivity contribution in [1.82, 2.24) is 5.32 Å². The number of unbranched alkanes of at least 4 members (excludes halogenated alkanes) is 5. The van der Waals surface area contributed by atoms with Crippen molar-refractivity contribution in [3.63, 3.8) is 0 Å². The lowest BCUT2D eigenvalue weighted by Gasteiger charge is -2.46. The van der Waals surface area contributed by atoms with E-state index in [-0.39, 0.29) is 13.2 Å². The van der Waals surface area contributed by atoms with E-state index in [1.165, 1.54) is 0 Å². The van der Waals surface area contributed by atoms with Crippen molar-refractivity contribution in [1.29, 1.82) is 0 Å². The number of amides is 1. The van der Waals surface area contributed by atoms with Gasteiger partial charge < -0.3 is 43.2 Å². The summed E-state index contributed by atoms with van der Waals surface area (Å²) >= 11 is 0. The van der Waals surface area contributed by atoms with Crippen LogP contribution in [0.2, 0.25) is 0 Å². The Morgan fingerprint density at radius 1 is 0.689 bits per heavy atom. The number of rotatable bonds is 25. The summed E-state index contributed by atoms with van der Waals surface area (Å²) in [6.45, 7) is 18.2. The number of ether oxygens (including phenoxy) is 8. The van der Waals surface area contributed by atoms with Crippen molar-refractivity contribution in [2.24, 2.45) is 0 Å². The molecule has 1 rings (SSSR count). The summed E-state index contributed by atoms with van der Waals surface area (Å²) in [5, 5.41) is 2.63. The first kappa shape index (κ1) is 41.5. The number of hydrogen-bond donors (Lipinski definition) is 1. The van der Waals surface area contributed by atoms with Crippen LogP contribution in [0.15, 0.2) is 0 Å². The van der Waals surface area contributed by atoms with E-state index >= 15 is 0 Å². The molecule has 45 heavy (non-hydrogen) atoms. The standard InChI is InChI=1S/C34H65NO10/c1-9-14-19-38-25-27-28(39-20-15-10-2)29(40-21-16-11-3)30(41-22-17-12-4)32(44-27)43-24-26(31(36)42-23-18-13-5)35-33(37)45-34(6,7)8/h26-30,32H,9-25H2,1-8H3,(H,35,37)/t26-,27?,28-,29?,30?,32-/m0/s1. The van der Waals surface area contributed by atoms with E-state index in [0.717, 1.165) is 57.8 Å². The number of nitrogens with one attached hydrogen (secondary N) is 1. The lowest BCUT2D eigenvalue weighted by molar-refractivity contribution is -0.324. The molecule has 1 aliphatic heterocycles. The minimum absolute atomic E-state index is 0.213. The average Bonchev–Trinajstić information content (AvgIpc) is 2.98. The van der Waals surface area contributed by atoms with Crippen LogP contribution in [0.1, 0.15) is 120 Å². The molecular weight excluding hydrogens is 582 g/mol. The summed E-state index contributed by atoms with van der Waals surface area (Å²) in [5.41, 5.74) is -0.743. The maximum atomic E-state index is 13.1. The normalized spacial score (nSPS) is 22.6. The third-order valence-corrected chi connectivity index (χ3v) is 7.08. The van der Waals surface area contributed by atoms with Crippen molar-refractivity contribution in [2.75, 3.05) is 46.2 Å². The quantitative estimate of drug-likeness (QED) is 0.0888. The Hall–Kier alpha value is -1.50. The number of carbonyl (C=O) groups is 2. The molecule has 11 heteroatoms. The fourth-order valence-corrected chi connectivity index (χ4v) is 4.48. The highest BCUT2D eigenvalue weighted by Gasteiger charge is 2.49. The molecule has 1 N–H and O–H groups in total. The summed E-state index contributed by atoms with van der Waals surface area (Å²) in [4.78, 5) is 25.8. The van der Waals surface area contributed by atoms with Crippen LogP contribution in [-0.2, 0) is 42.7 Å². The molecule has 1 aliphatic rings. The van der Waals surface area contributed by atoms with Gasteiger partial charge in [-0.15, -0.1) is 0 Å². The molecule has 1 saturated heterocycles. The Morgan fingerprint density at radius 2 is 1.20 bits per heavy atom. The average molecular weight is 648 g/mol. The van der Waals surface area contributed by atoms with Crippen molar-refractivity contribution >= 4 is 12.1 Å². The fourth-order valence-electron chi connectivity index (χ4n) is 4.48. The first-order valence-corrected chi connectivity index (χ1v) is 17.5. The predicted molar refractivity (Wildman–Crippen MR) is 173 cm³/mol. The summed E-state index contributed by atoms with van der Waals surface area (Å²) in [6, 6.07) is -1.12. The fraction of sp³-hybridized carbons (Fsp3) is 0.941. The Morgan fingerprint density at radius 3 is 1.76 bits per heavy atom. The van der Waals surface area contributed by atoms with Crippen LogP contribution in [0.4, 0.5) is 4.79 Å². The monoisotopic (exact) mass is 647 g/mol. The molecule has 0 aromatic heterocycles. The Labute approximate surface area is 273 Å². The smallest absolute Gasteiger partial charge is 0.408 e. The summed E-state index contributed by atoms with van der Waals surface area (Å²) < 4.78 is 49.0. The molecule has 0 saturated carbocycles. The van der Waals surface area contributed by atoms with Gasteiger partial charge in [0.05, 0.1) is 19.8 Å². The van der Waals surface area contributed by atoms with Gasteiger partial charge in [-0.3, -0.25) is 0 Å². The van der Waals surface area contributed by atoms with Gasteiger partial charge >= 0.3 is 12.1 Å². The number of esters is 1. The minimum Gasteiger partial charge on any atom is -0.464 e. The molecule has 1 amide bonds. The van der Waals surface area contributed by atoms with E-state index in [9.17, 15) is 9.59 Å². The first-order chi connectivity index (χ1) is 21.6. The van der Waals surface area contributed by atoms with Crippen LogP contribution >= 0.6 is 0 Å². The SMILES string of the molecule is CCCCOCC1O[C@H](OC[C@H](NC(=O)OC(C)(C)C)C(=O)OCCCC)C(OCCCC)C(OCCCC)[C@H]1OCCCC. The summed E-state index contributed by atoms with van der Waals surface area (Å²) in [7, 11) is 0. The highest BCUT2D eigenvalue weighted by atomic mass is 16.7. The van der Waals surface area contributed by atoms with Gasteiger partial charge in [-0.1, -0.05) is 66.7 Å². The van der Waals surface area contributed by atoms with Crippen LogP contribution in [0.3, 0.4) is 0 Å². The van der Waals surface area contributed by atoms with Crippen molar-refractivity contribution < 1.29 is 47.5 Å². The highest BCUT2D eigenvalue weighted by Crippen LogP contribution is 2.30. The Balaban J connectivity index is 3.32. The lowest BCUT2D eigenvalue weighted by Crippen LogP contribution is -2.62. The molecule has 0 radical (unpaired) electrons. The lowest BCUT2D eigenvalue weighted by atomic mass is 9.98. The van der Waals surface area contributed by atoms with Crippen LogP contribution in [0.25, 0.3) is 0 Å². The number of carbonyl (C=O) groups excluding carboxylic acids is 2. The molecule has 0 aromatic rings. The first-order valence-electron chi connectivity index (χ1n) is 17.5. The molecule has 0 bridgehead atoms. The molecule has 266 valence electrons. The Bertz CT molecular complexity index is 762. The number of hydrogen-bond acceptors (Lipinski definition) is 10. The van der Waals surface area contributed by atoms with Gasteiger partial charge in [-0.05, 0) is 52.9 Å². The van der Waals surface area contributed by atoms with Crippen LogP contribution in [-0.4, -0.2) is 101 Å². The molecule has 1 fully saturated rings. The molecular formula is C34H65NO10. The molecule has 0 aromatic carbocycles. The van der Waals surface area contributed by atoms with Gasteiger partial charge in [0.25, 0.3) is 0 Å². The van der Waals surface area contributed by atoms with E-state index in [2.05, 4.69) is 33.0 Å². The van der Waals surface area contributed by atoms with Crippen LogP contribution in [0, 0.1) is 0 Å². The van der Waals surface area contributed by atoms with Gasteiger partial charge in [0.1, 0.15) is 30.0 Å². The van der Waals surface area contributed by atoms with Crippen molar-refractivity contribution in [3.8, 4) is 0 Å². The van der Waals surface area contributed by atoms with Gasteiger partial charge in [0.15, 0.2) is 12.3 Å². The van der Waals surface area contributed by atoms with E-state index in [0.29, 0.717) is 39.5 Å². The molecule has 0 spiro atoms. The van der Waals surface area contributed by atoms with E-state index in [1.807, 2.05) is 6.92 Å². The van der Waals surface area contributed by atoms with Crippen molar-refractivity contribution in [3.05, 3.63) is 0 Å². The zero-order chi connectivity index (χ0) is 33.5. The van der Waals surface area contributed by atoms with Crippen LogP contribution in [0.5, 0.6) is 0 Å².